The average molecular weight is 412 g/mol. The minimum atomic E-state index is -0.449. The molecule has 1 amide bonds. The molecular formula is C23H33N5O2. The lowest BCUT2D eigenvalue weighted by Crippen LogP contribution is -2.33. The van der Waals surface area contributed by atoms with E-state index in [1.165, 1.54) is 0 Å². The Kier molecular flexibility index (Phi) is 7.24. The molecule has 1 aliphatic heterocycles. The molecule has 1 aliphatic rings. The predicted molar refractivity (Wildman–Crippen MR) is 120 cm³/mol. The molecule has 0 spiro atoms. The number of alkyl carbamates (subject to hydrolysis) is 1. The van der Waals surface area contributed by atoms with Gasteiger partial charge in [-0.3, -0.25) is 9.99 Å². The van der Waals surface area contributed by atoms with Crippen LogP contribution in [0.2, 0.25) is 0 Å². The molecule has 0 radical (unpaired) electrons. The van der Waals surface area contributed by atoms with Crippen LogP contribution in [0.4, 0.5) is 4.79 Å². The van der Waals surface area contributed by atoms with Crippen molar-refractivity contribution in [1.82, 2.24) is 20.3 Å². The van der Waals surface area contributed by atoms with Crippen LogP contribution < -0.4 is 5.32 Å². The van der Waals surface area contributed by atoms with Crippen LogP contribution in [-0.2, 0) is 4.74 Å². The van der Waals surface area contributed by atoms with Gasteiger partial charge in [-0.2, -0.15) is 5.10 Å². The molecule has 1 aromatic carbocycles. The molecule has 7 nitrogen and oxygen atoms in total. The first-order valence-corrected chi connectivity index (χ1v) is 10.8. The zero-order chi connectivity index (χ0) is 21.6. The van der Waals surface area contributed by atoms with E-state index in [1.54, 1.807) is 0 Å². The number of nitrogens with one attached hydrogen (secondary N) is 1. The summed E-state index contributed by atoms with van der Waals surface area (Å²) in [5, 5.41) is 9.47. The number of fused-ring (bicyclic) bond motifs is 1. The maximum Gasteiger partial charge on any atom is 0.407 e. The summed E-state index contributed by atoms with van der Waals surface area (Å²) in [5.41, 5.74) is 3.59. The Balaban J connectivity index is 1.32. The van der Waals surface area contributed by atoms with Crippen molar-refractivity contribution in [3.8, 4) is 0 Å². The van der Waals surface area contributed by atoms with Crippen molar-refractivity contribution in [3.05, 3.63) is 35.7 Å². The van der Waals surface area contributed by atoms with Crippen LogP contribution in [0.1, 0.15) is 63.6 Å². The number of hydrogen-bond acceptors (Lipinski definition) is 6. The second kappa shape index (κ2) is 9.87. The standard InChI is InChI=1S/C23H33N5O2/c1-17-10-9-11-19-21(17)25-15-20(27-19)18-14-26-28(16-18)13-8-6-5-7-12-24-22(29)30-23(2,3)4/h9-11,14-15,18H,5-8,12-13,16H2,1-4H3,(H,24,29). The van der Waals surface area contributed by atoms with E-state index < -0.39 is 5.60 Å². The largest absolute Gasteiger partial charge is 0.444 e. The molecule has 2 heterocycles. The van der Waals surface area contributed by atoms with Crippen molar-refractivity contribution < 1.29 is 9.53 Å². The summed E-state index contributed by atoms with van der Waals surface area (Å²) in [6.07, 6.45) is 7.75. The molecule has 1 atom stereocenters. The molecule has 0 fully saturated rings. The van der Waals surface area contributed by atoms with Crippen molar-refractivity contribution in [2.75, 3.05) is 19.6 Å². The highest BCUT2D eigenvalue weighted by atomic mass is 16.6. The van der Waals surface area contributed by atoms with E-state index in [0.717, 1.165) is 61.1 Å². The first-order valence-electron chi connectivity index (χ1n) is 10.8. The topological polar surface area (TPSA) is 79.7 Å². The van der Waals surface area contributed by atoms with Crippen molar-refractivity contribution in [2.24, 2.45) is 5.10 Å². The zero-order valence-corrected chi connectivity index (χ0v) is 18.5. The number of para-hydroxylation sites is 1. The molecule has 2 aromatic rings. The van der Waals surface area contributed by atoms with Gasteiger partial charge in [0.2, 0.25) is 0 Å². The Hall–Kier alpha value is -2.70. The quantitative estimate of drug-likeness (QED) is 0.651. The van der Waals surface area contributed by atoms with Crippen molar-refractivity contribution in [2.45, 2.75) is 64.9 Å². The first kappa shape index (κ1) is 22.0. The van der Waals surface area contributed by atoms with Gasteiger partial charge in [-0.05, 0) is 52.2 Å². The number of amides is 1. The van der Waals surface area contributed by atoms with Gasteiger partial charge >= 0.3 is 6.09 Å². The van der Waals surface area contributed by atoms with Crippen LogP contribution in [0, 0.1) is 6.92 Å². The maximum absolute atomic E-state index is 11.6. The Morgan fingerprint density at radius 2 is 2.03 bits per heavy atom. The lowest BCUT2D eigenvalue weighted by molar-refractivity contribution is 0.0527. The Morgan fingerprint density at radius 1 is 1.23 bits per heavy atom. The number of hydrogen-bond donors (Lipinski definition) is 1. The van der Waals surface area contributed by atoms with Crippen LogP contribution >= 0.6 is 0 Å². The Morgan fingerprint density at radius 3 is 2.83 bits per heavy atom. The molecule has 0 saturated carbocycles. The van der Waals surface area contributed by atoms with E-state index in [2.05, 4.69) is 33.4 Å². The second-order valence-corrected chi connectivity index (χ2v) is 8.86. The predicted octanol–water partition coefficient (Wildman–Crippen LogP) is 4.41. The van der Waals surface area contributed by atoms with Gasteiger partial charge in [-0.25, -0.2) is 9.78 Å². The number of carbonyl (C=O) groups excluding carboxylic acids is 1. The van der Waals surface area contributed by atoms with Crippen LogP contribution in [0.25, 0.3) is 11.0 Å². The number of ether oxygens (including phenoxy) is 1. The summed E-state index contributed by atoms with van der Waals surface area (Å²) >= 11 is 0. The van der Waals surface area contributed by atoms with Crippen LogP contribution in [0.5, 0.6) is 0 Å². The third-order valence-corrected chi connectivity index (χ3v) is 5.00. The molecule has 1 unspecified atom stereocenters. The number of aryl methyl sites for hydroxylation is 1. The molecule has 1 aromatic heterocycles. The Labute approximate surface area is 178 Å². The Bertz CT molecular complexity index is 891. The third kappa shape index (κ3) is 6.40. The van der Waals surface area contributed by atoms with E-state index >= 15 is 0 Å². The summed E-state index contributed by atoms with van der Waals surface area (Å²) < 4.78 is 5.23. The first-order chi connectivity index (χ1) is 14.3. The lowest BCUT2D eigenvalue weighted by atomic mass is 10.1. The van der Waals surface area contributed by atoms with Gasteiger partial charge in [0, 0.05) is 32.0 Å². The number of unbranched alkanes of at least 4 members (excludes halogenated alkanes) is 3. The van der Waals surface area contributed by atoms with Crippen LogP contribution in [0.3, 0.4) is 0 Å². The minimum Gasteiger partial charge on any atom is -0.444 e. The van der Waals surface area contributed by atoms with E-state index in [-0.39, 0.29) is 12.0 Å². The molecule has 3 rings (SSSR count). The fraction of sp³-hybridized carbons (Fsp3) is 0.565. The van der Waals surface area contributed by atoms with E-state index in [9.17, 15) is 4.79 Å². The van der Waals surface area contributed by atoms with Gasteiger partial charge in [-0.15, -0.1) is 0 Å². The second-order valence-electron chi connectivity index (χ2n) is 8.86. The molecule has 7 heteroatoms. The SMILES string of the molecule is Cc1cccc2nc(C3C=NN(CCCCCCNC(=O)OC(C)(C)C)C3)cnc12. The lowest BCUT2D eigenvalue weighted by Gasteiger charge is -2.19. The minimum absolute atomic E-state index is 0.195. The van der Waals surface area contributed by atoms with Crippen molar-refractivity contribution in [1.29, 1.82) is 0 Å². The van der Waals surface area contributed by atoms with Gasteiger partial charge in [0.25, 0.3) is 0 Å². The number of nitrogens with zero attached hydrogens (tertiary/aromatic N) is 4. The van der Waals surface area contributed by atoms with Gasteiger partial charge in [0.15, 0.2) is 0 Å². The number of carbonyl (C=O) groups is 1. The van der Waals surface area contributed by atoms with E-state index in [1.807, 2.05) is 45.3 Å². The normalized spacial score (nSPS) is 16.3. The van der Waals surface area contributed by atoms with Crippen LogP contribution in [-0.4, -0.2) is 52.5 Å². The van der Waals surface area contributed by atoms with Crippen LogP contribution in [0.15, 0.2) is 29.5 Å². The summed E-state index contributed by atoms with van der Waals surface area (Å²) in [4.78, 5) is 21.0. The number of benzene rings is 1. The molecule has 30 heavy (non-hydrogen) atoms. The smallest absolute Gasteiger partial charge is 0.407 e. The number of hydrazone groups is 1. The van der Waals surface area contributed by atoms with E-state index in [4.69, 9.17) is 9.72 Å². The molecular weight excluding hydrogens is 378 g/mol. The summed E-state index contributed by atoms with van der Waals surface area (Å²) in [7, 11) is 0. The summed E-state index contributed by atoms with van der Waals surface area (Å²) in [6.45, 7) is 10.1. The highest BCUT2D eigenvalue weighted by Gasteiger charge is 2.21. The van der Waals surface area contributed by atoms with Gasteiger partial charge < -0.3 is 10.1 Å². The molecule has 0 bridgehead atoms. The summed E-state index contributed by atoms with van der Waals surface area (Å²) in [6, 6.07) is 6.09. The van der Waals surface area contributed by atoms with E-state index in [0.29, 0.717) is 6.54 Å². The zero-order valence-electron chi connectivity index (χ0n) is 18.5. The average Bonchev–Trinajstić information content (AvgIpc) is 3.15. The maximum atomic E-state index is 11.6. The molecule has 0 aliphatic carbocycles. The fourth-order valence-corrected chi connectivity index (χ4v) is 3.47. The molecule has 0 saturated heterocycles. The monoisotopic (exact) mass is 411 g/mol. The van der Waals surface area contributed by atoms with Gasteiger partial charge in [0.05, 0.1) is 22.6 Å². The highest BCUT2D eigenvalue weighted by molar-refractivity contribution is 5.78. The van der Waals surface area contributed by atoms with Crippen molar-refractivity contribution >= 4 is 23.3 Å². The highest BCUT2D eigenvalue weighted by Crippen LogP contribution is 2.22. The van der Waals surface area contributed by atoms with Crippen molar-refractivity contribution in [3.63, 3.8) is 0 Å². The number of aromatic nitrogens is 2. The van der Waals surface area contributed by atoms with Gasteiger partial charge in [-0.1, -0.05) is 25.0 Å². The molecule has 1 N–H and O–H groups in total. The fourth-order valence-electron chi connectivity index (χ4n) is 3.47. The third-order valence-electron chi connectivity index (χ3n) is 5.00. The molecule has 162 valence electrons. The van der Waals surface area contributed by atoms with Gasteiger partial charge in [0.1, 0.15) is 5.60 Å². The number of rotatable bonds is 8. The summed E-state index contributed by atoms with van der Waals surface area (Å²) in [5.74, 6) is 0.195.